The van der Waals surface area contributed by atoms with Gasteiger partial charge < -0.3 is 9.29 Å². The molecule has 4 nitrogen and oxygen atoms in total. The molecule has 0 spiro atoms. The van der Waals surface area contributed by atoms with Crippen molar-refractivity contribution in [3.05, 3.63) is 0 Å². The maximum absolute atomic E-state index is 10.5. The quantitative estimate of drug-likeness (QED) is 0.136. The van der Waals surface area contributed by atoms with Gasteiger partial charge in [-0.05, 0) is 19.3 Å². The molecule has 0 radical (unpaired) electrons. The van der Waals surface area contributed by atoms with E-state index < -0.39 is 10.1 Å². The summed E-state index contributed by atoms with van der Waals surface area (Å²) in [6, 6.07) is 0. The number of hydrogen-bond donors (Lipinski definition) is 0. The van der Waals surface area contributed by atoms with Gasteiger partial charge in [0.05, 0.1) is 10.1 Å². The molecule has 0 rings (SSSR count). The Labute approximate surface area is 204 Å². The average molecular weight is 443 g/mol. The Morgan fingerprint density at radius 1 is 0.552 bits per heavy atom. The van der Waals surface area contributed by atoms with Crippen LogP contribution in [0.25, 0.3) is 0 Å². The zero-order valence-electron chi connectivity index (χ0n) is 19.6. The van der Waals surface area contributed by atoms with Crippen LogP contribution in [0.2, 0.25) is 0 Å². The summed E-state index contributed by atoms with van der Waals surface area (Å²) in [6.45, 7) is 4.13. The average Bonchev–Trinajstić information content (AvgIpc) is 2.65. The fourth-order valence-corrected chi connectivity index (χ4v) is 4.07. The van der Waals surface area contributed by atoms with Crippen molar-refractivity contribution in [1.82, 2.24) is 0 Å². The minimum atomic E-state index is -4.01. The summed E-state index contributed by atoms with van der Waals surface area (Å²) in [5.41, 5.74) is 0. The Balaban J connectivity index is 0. The Bertz CT molecular complexity index is 402. The van der Waals surface area contributed by atoms with Gasteiger partial charge in [-0.3, -0.25) is 0 Å². The second-order valence-corrected chi connectivity index (χ2v) is 9.76. The molecule has 0 N–H and O–H groups in total. The molecule has 6 heteroatoms. The molecular formula is C23H47NaO4S. The molecule has 0 unspecified atom stereocenters. The van der Waals surface area contributed by atoms with Crippen molar-refractivity contribution < 1.29 is 47.3 Å². The topological polar surface area (TPSA) is 66.4 Å². The fourth-order valence-electron chi connectivity index (χ4n) is 3.51. The number of ether oxygens (including phenoxy) is 1. The van der Waals surface area contributed by atoms with Gasteiger partial charge in [-0.1, -0.05) is 110 Å². The third-order valence-corrected chi connectivity index (χ3v) is 6.11. The Morgan fingerprint density at radius 3 is 1.21 bits per heavy atom. The number of hydrogen-bond acceptors (Lipinski definition) is 4. The molecule has 29 heavy (non-hydrogen) atoms. The molecule has 0 aromatic heterocycles. The van der Waals surface area contributed by atoms with E-state index in [1.165, 1.54) is 96.3 Å². The van der Waals surface area contributed by atoms with Crippen LogP contribution in [0.1, 0.15) is 129 Å². The maximum Gasteiger partial charge on any atom is 1.00 e. The minimum absolute atomic E-state index is 0. The molecule has 0 saturated heterocycles. The van der Waals surface area contributed by atoms with Gasteiger partial charge in [0.15, 0.2) is 0 Å². The summed E-state index contributed by atoms with van der Waals surface area (Å²) >= 11 is 0. The van der Waals surface area contributed by atoms with Crippen LogP contribution in [0, 0.1) is 0 Å². The van der Waals surface area contributed by atoms with Crippen LogP contribution in [0.3, 0.4) is 0 Å². The molecule has 0 aromatic carbocycles. The van der Waals surface area contributed by atoms with E-state index in [1.54, 1.807) is 0 Å². The molecule has 0 aromatic rings. The first-order valence-corrected chi connectivity index (χ1v) is 13.7. The van der Waals surface area contributed by atoms with Gasteiger partial charge in [-0.2, -0.15) is 0 Å². The van der Waals surface area contributed by atoms with Crippen LogP contribution in [0.15, 0.2) is 0 Å². The zero-order valence-corrected chi connectivity index (χ0v) is 22.4. The van der Waals surface area contributed by atoms with Crippen molar-refractivity contribution in [2.75, 3.05) is 19.0 Å². The van der Waals surface area contributed by atoms with Gasteiger partial charge in [0, 0.05) is 19.0 Å². The first-order valence-electron chi connectivity index (χ1n) is 12.1. The maximum atomic E-state index is 10.5. The third kappa shape index (κ3) is 31.1. The van der Waals surface area contributed by atoms with E-state index in [4.69, 9.17) is 4.74 Å². The largest absolute Gasteiger partial charge is 1.00 e. The smallest absolute Gasteiger partial charge is 0.748 e. The summed E-state index contributed by atoms with van der Waals surface area (Å²) in [4.78, 5) is 0. The van der Waals surface area contributed by atoms with Gasteiger partial charge in [-0.25, -0.2) is 8.42 Å². The van der Waals surface area contributed by atoms with Crippen molar-refractivity contribution in [2.45, 2.75) is 129 Å². The summed E-state index contributed by atoms with van der Waals surface area (Å²) in [5.74, 6) is -0.199. The molecule has 0 aliphatic carbocycles. The first kappa shape index (κ1) is 32.1. The van der Waals surface area contributed by atoms with Crippen LogP contribution < -0.4 is 29.6 Å². The van der Waals surface area contributed by atoms with E-state index in [9.17, 15) is 13.0 Å². The first-order chi connectivity index (χ1) is 13.6. The van der Waals surface area contributed by atoms with E-state index in [0.29, 0.717) is 6.42 Å². The Morgan fingerprint density at radius 2 is 0.862 bits per heavy atom. The van der Waals surface area contributed by atoms with E-state index in [0.717, 1.165) is 32.5 Å². The molecule has 0 aliphatic rings. The van der Waals surface area contributed by atoms with Crippen LogP contribution in [0.5, 0.6) is 0 Å². The molecule has 0 bridgehead atoms. The minimum Gasteiger partial charge on any atom is -0.748 e. The standard InChI is InChI=1S/C23H48O4S.Na/c1-2-3-4-5-6-12-15-18-21-27-22-19-16-13-10-8-7-9-11-14-17-20-23-28(24,25)26;/h2-23H2,1H3,(H,24,25,26);/q;+1/p-1. The predicted octanol–water partition coefficient (Wildman–Crippen LogP) is 3.98. The van der Waals surface area contributed by atoms with Crippen molar-refractivity contribution in [3.8, 4) is 0 Å². The Kier molecular flexibility index (Phi) is 27.8. The van der Waals surface area contributed by atoms with Gasteiger partial charge in [-0.15, -0.1) is 0 Å². The molecule has 0 amide bonds. The molecule has 0 fully saturated rings. The van der Waals surface area contributed by atoms with Crippen LogP contribution >= 0.6 is 0 Å². The SMILES string of the molecule is CCCCCCCCCCOCCCCCCCCCCCCCS(=O)(=O)[O-].[Na+]. The second kappa shape index (κ2) is 25.1. The summed E-state index contributed by atoms with van der Waals surface area (Å²) in [5, 5.41) is 0. The molecule has 170 valence electrons. The summed E-state index contributed by atoms with van der Waals surface area (Å²) < 4.78 is 37.2. The monoisotopic (exact) mass is 442 g/mol. The normalized spacial score (nSPS) is 11.5. The summed E-state index contributed by atoms with van der Waals surface area (Å²) in [6.07, 6.45) is 23.3. The third-order valence-electron chi connectivity index (χ3n) is 5.33. The van der Waals surface area contributed by atoms with Gasteiger partial charge in [0.1, 0.15) is 0 Å². The number of rotatable bonds is 23. The fraction of sp³-hybridized carbons (Fsp3) is 1.00. The van der Waals surface area contributed by atoms with Gasteiger partial charge in [0.2, 0.25) is 0 Å². The summed E-state index contributed by atoms with van der Waals surface area (Å²) in [7, 11) is -4.01. The predicted molar refractivity (Wildman–Crippen MR) is 119 cm³/mol. The van der Waals surface area contributed by atoms with E-state index in [-0.39, 0.29) is 35.3 Å². The zero-order chi connectivity index (χ0) is 20.8. The second-order valence-electron chi connectivity index (χ2n) is 8.24. The van der Waals surface area contributed by atoms with Gasteiger partial charge >= 0.3 is 29.6 Å². The molecule has 0 aliphatic heterocycles. The van der Waals surface area contributed by atoms with Crippen LogP contribution in [0.4, 0.5) is 0 Å². The van der Waals surface area contributed by atoms with Crippen molar-refractivity contribution in [1.29, 1.82) is 0 Å². The molecule has 0 heterocycles. The van der Waals surface area contributed by atoms with Crippen LogP contribution in [-0.4, -0.2) is 31.9 Å². The van der Waals surface area contributed by atoms with Crippen molar-refractivity contribution in [3.63, 3.8) is 0 Å². The molecular weight excluding hydrogens is 395 g/mol. The van der Waals surface area contributed by atoms with Crippen molar-refractivity contribution >= 4 is 10.1 Å². The number of unbranched alkanes of at least 4 members (excludes halogenated alkanes) is 17. The van der Waals surface area contributed by atoms with Crippen molar-refractivity contribution in [2.24, 2.45) is 0 Å². The van der Waals surface area contributed by atoms with E-state index in [2.05, 4.69) is 6.92 Å². The molecule has 0 atom stereocenters. The van der Waals surface area contributed by atoms with Gasteiger partial charge in [0.25, 0.3) is 0 Å². The van der Waals surface area contributed by atoms with E-state index >= 15 is 0 Å². The van der Waals surface area contributed by atoms with Crippen LogP contribution in [-0.2, 0) is 14.9 Å². The van der Waals surface area contributed by atoms with E-state index in [1.807, 2.05) is 0 Å². The Hall–Kier alpha value is 0.870. The molecule has 0 saturated carbocycles.